The van der Waals surface area contributed by atoms with Gasteiger partial charge in [0.1, 0.15) is 6.04 Å². The number of carboxylic acid groups (broad SMARTS) is 2. The fourth-order valence-corrected chi connectivity index (χ4v) is 7.18. The van der Waals surface area contributed by atoms with Crippen LogP contribution in [-0.4, -0.2) is 78.3 Å². The van der Waals surface area contributed by atoms with Crippen LogP contribution < -0.4 is 22.0 Å². The highest BCUT2D eigenvalue weighted by molar-refractivity contribution is 6.39. The molecule has 2 amide bonds. The lowest BCUT2D eigenvalue weighted by atomic mass is 9.87. The molecule has 5 rings (SSSR count). The summed E-state index contributed by atoms with van der Waals surface area (Å²) in [6, 6.07) is 8.25. The molecule has 16 nitrogen and oxygen atoms in total. The highest BCUT2D eigenvalue weighted by Crippen LogP contribution is 2.37. The maximum atomic E-state index is 14.1. The Morgan fingerprint density at radius 3 is 2.22 bits per heavy atom. The van der Waals surface area contributed by atoms with Gasteiger partial charge in [-0.15, -0.1) is 0 Å². The Balaban J connectivity index is 1.41. The van der Waals surface area contributed by atoms with Gasteiger partial charge in [-0.2, -0.15) is 0 Å². The monoisotopic (exact) mass is 785 g/mol. The van der Waals surface area contributed by atoms with Crippen LogP contribution in [0.15, 0.2) is 69.8 Å². The van der Waals surface area contributed by atoms with Crippen LogP contribution in [0.4, 0.5) is 0 Å². The highest BCUT2D eigenvalue weighted by atomic mass is 35.5. The van der Waals surface area contributed by atoms with Gasteiger partial charge < -0.3 is 25.6 Å². The number of benzene rings is 2. The van der Waals surface area contributed by atoms with E-state index < -0.39 is 90.6 Å². The summed E-state index contributed by atoms with van der Waals surface area (Å²) < 4.78 is 7.97. The summed E-state index contributed by atoms with van der Waals surface area (Å²) in [7, 11) is 0. The lowest BCUT2D eigenvalue weighted by Crippen LogP contribution is -2.50. The number of allylic oxidation sites excluding steroid dienone is 1. The van der Waals surface area contributed by atoms with Gasteiger partial charge in [-0.05, 0) is 55.0 Å². The smallest absolute Gasteiger partial charge is 0.348 e. The SMILES string of the molecule is O=C(O)CC[C@@H](Cn1c(=O)n2n(c1=O)[C@H]1CCCCC1=C[C@H]2C(=O)N[C@@H](CC(=O)O)C(=O)COC(=O)c1c(Cl)cccc1Cl)NC(=O)Cc1ccccc1. The molecule has 4 N–H and O–H groups in total. The number of hydrogen-bond donors (Lipinski definition) is 4. The van der Waals surface area contributed by atoms with Crippen LogP contribution in [0.2, 0.25) is 10.0 Å². The molecule has 1 saturated carbocycles. The molecular weight excluding hydrogens is 749 g/mol. The number of aliphatic carboxylic acids is 2. The molecule has 286 valence electrons. The number of esters is 1. The first-order valence-electron chi connectivity index (χ1n) is 17.1. The van der Waals surface area contributed by atoms with Crippen molar-refractivity contribution < 1.29 is 43.7 Å². The summed E-state index contributed by atoms with van der Waals surface area (Å²) in [6.07, 6.45) is 2.50. The molecule has 54 heavy (non-hydrogen) atoms. The Bertz CT molecular complexity index is 2090. The average molecular weight is 787 g/mol. The number of fused-ring (bicyclic) bond motifs is 3. The maximum absolute atomic E-state index is 14.1. The van der Waals surface area contributed by atoms with Crippen molar-refractivity contribution in [3.8, 4) is 0 Å². The van der Waals surface area contributed by atoms with Gasteiger partial charge >= 0.3 is 29.3 Å². The molecule has 1 fully saturated rings. The minimum atomic E-state index is -1.72. The number of Topliss-reactive ketones (excluding diaryl/α,β-unsaturated/α-hetero) is 1. The van der Waals surface area contributed by atoms with Crippen LogP contribution in [0, 0.1) is 0 Å². The van der Waals surface area contributed by atoms with E-state index >= 15 is 0 Å². The van der Waals surface area contributed by atoms with Crippen LogP contribution in [0.1, 0.15) is 73.0 Å². The first-order chi connectivity index (χ1) is 25.7. The first-order valence-corrected chi connectivity index (χ1v) is 17.9. The Morgan fingerprint density at radius 1 is 0.870 bits per heavy atom. The van der Waals surface area contributed by atoms with E-state index in [0.29, 0.717) is 24.0 Å². The predicted octanol–water partition coefficient (Wildman–Crippen LogP) is 2.69. The summed E-state index contributed by atoms with van der Waals surface area (Å²) in [5, 5.41) is 23.9. The molecule has 0 saturated heterocycles. The molecule has 2 aromatic carbocycles. The van der Waals surface area contributed by atoms with E-state index in [1.54, 1.807) is 30.3 Å². The lowest BCUT2D eigenvalue weighted by Gasteiger charge is -2.34. The number of carboxylic acids is 2. The summed E-state index contributed by atoms with van der Waals surface area (Å²) in [4.78, 5) is 104. The van der Waals surface area contributed by atoms with Crippen LogP contribution in [-0.2, 0) is 41.7 Å². The predicted molar refractivity (Wildman–Crippen MR) is 192 cm³/mol. The van der Waals surface area contributed by atoms with Crippen molar-refractivity contribution in [2.45, 2.75) is 82.1 Å². The van der Waals surface area contributed by atoms with Gasteiger partial charge in [-0.1, -0.05) is 66.0 Å². The molecule has 4 atom stereocenters. The summed E-state index contributed by atoms with van der Waals surface area (Å²) in [5.74, 6) is -6.12. The van der Waals surface area contributed by atoms with E-state index in [1.807, 2.05) is 0 Å². The molecule has 0 unspecified atom stereocenters. The number of amides is 2. The zero-order valence-electron chi connectivity index (χ0n) is 28.7. The third kappa shape index (κ3) is 9.35. The molecular formula is C36H37Cl2N5O11. The van der Waals surface area contributed by atoms with Crippen molar-refractivity contribution in [3.05, 3.63) is 102 Å². The highest BCUT2D eigenvalue weighted by Gasteiger charge is 2.39. The molecule has 3 aromatic rings. The van der Waals surface area contributed by atoms with Gasteiger partial charge in [0.2, 0.25) is 11.8 Å². The molecule has 0 radical (unpaired) electrons. The van der Waals surface area contributed by atoms with Crippen LogP contribution in [0.25, 0.3) is 0 Å². The third-order valence-electron chi connectivity index (χ3n) is 9.18. The summed E-state index contributed by atoms with van der Waals surface area (Å²) in [5.41, 5.74) is -0.574. The van der Waals surface area contributed by atoms with E-state index in [4.69, 9.17) is 27.9 Å². The lowest BCUT2D eigenvalue weighted by molar-refractivity contribution is -0.141. The van der Waals surface area contributed by atoms with E-state index in [2.05, 4.69) is 10.6 Å². The largest absolute Gasteiger partial charge is 0.481 e. The number of nitrogens with zero attached hydrogens (tertiary/aromatic N) is 3. The number of aromatic nitrogens is 3. The number of rotatable bonds is 16. The van der Waals surface area contributed by atoms with Crippen LogP contribution in [0.5, 0.6) is 0 Å². The number of ketones is 1. The number of carbonyl (C=O) groups is 6. The summed E-state index contributed by atoms with van der Waals surface area (Å²) >= 11 is 12.1. The van der Waals surface area contributed by atoms with Crippen molar-refractivity contribution in [1.29, 1.82) is 0 Å². The molecule has 1 aliphatic heterocycles. The number of nitrogens with one attached hydrogen (secondary N) is 2. The Labute approximate surface area is 317 Å². The van der Waals surface area contributed by atoms with Gasteiger partial charge in [-0.3, -0.25) is 24.0 Å². The normalized spacial score (nSPS) is 17.2. The number of carbonyl (C=O) groups excluding carboxylic acids is 4. The van der Waals surface area contributed by atoms with Crippen molar-refractivity contribution in [2.75, 3.05) is 6.61 Å². The molecule has 2 heterocycles. The van der Waals surface area contributed by atoms with Crippen molar-refractivity contribution in [1.82, 2.24) is 24.6 Å². The van der Waals surface area contributed by atoms with E-state index in [9.17, 15) is 48.6 Å². The van der Waals surface area contributed by atoms with Gasteiger partial charge in [0.25, 0.3) is 0 Å². The fourth-order valence-electron chi connectivity index (χ4n) is 6.63. The number of hydrogen-bond acceptors (Lipinski definition) is 9. The topological polar surface area (TPSA) is 225 Å². The second kappa shape index (κ2) is 17.6. The van der Waals surface area contributed by atoms with Gasteiger partial charge in [-0.25, -0.2) is 28.3 Å². The zero-order chi connectivity index (χ0) is 39.1. The Kier molecular flexibility index (Phi) is 12.9. The molecule has 1 aromatic heterocycles. The van der Waals surface area contributed by atoms with E-state index in [1.165, 1.54) is 24.3 Å². The maximum Gasteiger partial charge on any atom is 0.348 e. The van der Waals surface area contributed by atoms with Gasteiger partial charge in [0.15, 0.2) is 18.4 Å². The Hall–Kier alpha value is -5.48. The molecule has 0 spiro atoms. The number of halogens is 2. The quantitative estimate of drug-likeness (QED) is 0.122. The van der Waals surface area contributed by atoms with Crippen molar-refractivity contribution >= 4 is 58.7 Å². The molecule has 0 bridgehead atoms. The van der Waals surface area contributed by atoms with Gasteiger partial charge in [0.05, 0.1) is 41.0 Å². The van der Waals surface area contributed by atoms with Gasteiger partial charge in [0, 0.05) is 12.5 Å². The second-order valence-electron chi connectivity index (χ2n) is 13.0. The minimum absolute atomic E-state index is 0.0364. The molecule has 18 heteroatoms. The fraction of sp³-hybridized carbons (Fsp3) is 0.389. The van der Waals surface area contributed by atoms with E-state index in [0.717, 1.165) is 26.8 Å². The average Bonchev–Trinajstić information content (AvgIpc) is 3.37. The number of ether oxygens (including phenoxy) is 1. The van der Waals surface area contributed by atoms with Crippen molar-refractivity contribution in [3.63, 3.8) is 0 Å². The summed E-state index contributed by atoms with van der Waals surface area (Å²) in [6.45, 7) is -1.36. The molecule has 2 aliphatic rings. The first kappa shape index (κ1) is 39.7. The third-order valence-corrected chi connectivity index (χ3v) is 9.81. The minimum Gasteiger partial charge on any atom is -0.481 e. The van der Waals surface area contributed by atoms with Crippen molar-refractivity contribution in [2.24, 2.45) is 0 Å². The Morgan fingerprint density at radius 2 is 1.56 bits per heavy atom. The standard InChI is InChI=1S/C36H37Cl2N5O11/c37-23-10-6-11-24(38)32(23)34(51)54-19-28(44)25(17-31(48)49)40-33(50)27-16-21-9-4-5-12-26(21)42-35(52)41(36(53)43(27)42)18-22(13-14-30(46)47)39-29(45)15-20-7-2-1-3-8-20/h1-3,6-8,10-11,16,22,25-27H,4-5,9,12-15,17-19H2,(H,39,45)(H,40,50)(H,46,47)(H,48,49)/t22-,25-,26-,27-/m0/s1. The molecule has 1 aliphatic carbocycles. The van der Waals surface area contributed by atoms with Crippen LogP contribution >= 0.6 is 23.2 Å². The van der Waals surface area contributed by atoms with E-state index in [-0.39, 0.29) is 34.9 Å². The zero-order valence-corrected chi connectivity index (χ0v) is 30.3. The second-order valence-corrected chi connectivity index (χ2v) is 13.8. The van der Waals surface area contributed by atoms with Crippen LogP contribution in [0.3, 0.4) is 0 Å².